The van der Waals surface area contributed by atoms with Crippen LogP contribution in [-0.4, -0.2) is 32.4 Å². The number of nitrogens with two attached hydrogens (primary N) is 2. The summed E-state index contributed by atoms with van der Waals surface area (Å²) in [5, 5.41) is 12.4. The third kappa shape index (κ3) is 4.03. The lowest BCUT2D eigenvalue weighted by molar-refractivity contribution is -0.113. The fourth-order valence-corrected chi connectivity index (χ4v) is 5.60. The van der Waals surface area contributed by atoms with E-state index in [1.165, 1.54) is 16.0 Å². The number of amides is 2. The van der Waals surface area contributed by atoms with Crippen LogP contribution in [-0.2, 0) is 17.6 Å². The molecule has 0 aliphatic heterocycles. The van der Waals surface area contributed by atoms with Crippen molar-refractivity contribution in [1.82, 2.24) is 14.9 Å². The highest BCUT2D eigenvalue weighted by Gasteiger charge is 2.25. The second-order valence-corrected chi connectivity index (χ2v) is 9.23. The van der Waals surface area contributed by atoms with Crippen LogP contribution >= 0.6 is 34.7 Å². The van der Waals surface area contributed by atoms with Crippen molar-refractivity contribution >= 4 is 51.5 Å². The van der Waals surface area contributed by atoms with E-state index < -0.39 is 5.91 Å². The molecule has 0 radical (unpaired) electrons. The Morgan fingerprint density at radius 1 is 1.23 bits per heavy atom. The zero-order valence-corrected chi connectivity index (χ0v) is 18.2. The Labute approximate surface area is 186 Å². The van der Waals surface area contributed by atoms with Crippen LogP contribution in [0, 0.1) is 0 Å². The van der Waals surface area contributed by atoms with Crippen molar-refractivity contribution in [2.45, 2.75) is 30.8 Å². The van der Waals surface area contributed by atoms with Crippen LogP contribution in [0.15, 0.2) is 29.4 Å². The predicted molar refractivity (Wildman–Crippen MR) is 119 cm³/mol. The lowest BCUT2D eigenvalue weighted by atomic mass is 9.95. The number of nitrogens with zero attached hydrogens (tertiary/aromatic N) is 3. The van der Waals surface area contributed by atoms with E-state index in [4.69, 9.17) is 23.2 Å². The molecular weight excluding hydrogens is 444 g/mol. The number of primary amides is 1. The van der Waals surface area contributed by atoms with Crippen molar-refractivity contribution in [1.29, 1.82) is 0 Å². The summed E-state index contributed by atoms with van der Waals surface area (Å²) >= 11 is 8.77. The molecule has 156 valence electrons. The minimum atomic E-state index is -0.511. The van der Waals surface area contributed by atoms with E-state index in [0.29, 0.717) is 32.1 Å². The molecule has 0 spiro atoms. The van der Waals surface area contributed by atoms with Crippen LogP contribution in [0.3, 0.4) is 0 Å². The van der Waals surface area contributed by atoms with E-state index in [1.807, 2.05) is 12.1 Å². The number of carbonyl (C=O) groups excluding carboxylic acids is 2. The quantitative estimate of drug-likeness (QED) is 0.381. The van der Waals surface area contributed by atoms with Crippen LogP contribution < -0.4 is 16.9 Å². The summed E-state index contributed by atoms with van der Waals surface area (Å²) < 4.78 is 1.30. The number of carbonyl (C=O) groups is 2. The molecule has 8 nitrogen and oxygen atoms in total. The molecule has 0 saturated heterocycles. The van der Waals surface area contributed by atoms with Gasteiger partial charge in [0.1, 0.15) is 5.00 Å². The van der Waals surface area contributed by atoms with Crippen molar-refractivity contribution < 1.29 is 9.59 Å². The van der Waals surface area contributed by atoms with Gasteiger partial charge in [0.25, 0.3) is 5.91 Å². The van der Waals surface area contributed by atoms with Crippen LogP contribution in [0.1, 0.15) is 33.6 Å². The number of rotatable bonds is 6. The average molecular weight is 463 g/mol. The predicted octanol–water partition coefficient (Wildman–Crippen LogP) is 3.08. The average Bonchev–Trinajstić information content (AvgIpc) is 3.26. The standard InChI is InChI=1S/C19H19ClN6O2S2/c20-12-7-3-1-5-10(12)17-24-25-19(26(17)22)29-9-14(27)23-18-15(16(21)28)11-6-2-4-8-13(11)30-18/h1,3,5,7H,2,4,6,8-9,22H2,(H2,21,28)(H,23,27). The van der Waals surface area contributed by atoms with Gasteiger partial charge in [-0.3, -0.25) is 9.59 Å². The number of nitrogen functional groups attached to an aromatic ring is 1. The van der Waals surface area contributed by atoms with Gasteiger partial charge in [-0.2, -0.15) is 0 Å². The molecule has 0 unspecified atom stereocenters. The number of aromatic nitrogens is 3. The lowest BCUT2D eigenvalue weighted by Crippen LogP contribution is -2.20. The second kappa shape index (κ2) is 8.66. The Kier molecular flexibility index (Phi) is 5.98. The minimum absolute atomic E-state index is 0.0542. The van der Waals surface area contributed by atoms with E-state index in [0.717, 1.165) is 47.9 Å². The van der Waals surface area contributed by atoms with Gasteiger partial charge in [-0.1, -0.05) is 35.5 Å². The maximum absolute atomic E-state index is 12.5. The number of nitrogens with one attached hydrogen (secondary N) is 1. The molecule has 2 amide bonds. The molecule has 1 aliphatic rings. The van der Waals surface area contributed by atoms with Gasteiger partial charge >= 0.3 is 0 Å². The highest BCUT2D eigenvalue weighted by Crippen LogP contribution is 2.38. The maximum Gasteiger partial charge on any atom is 0.251 e. The first-order valence-corrected chi connectivity index (χ1v) is 11.5. The molecule has 2 aromatic heterocycles. The van der Waals surface area contributed by atoms with Gasteiger partial charge in [-0.25, -0.2) is 4.68 Å². The van der Waals surface area contributed by atoms with Crippen molar-refractivity contribution in [2.75, 3.05) is 16.9 Å². The van der Waals surface area contributed by atoms with Crippen molar-refractivity contribution in [3.63, 3.8) is 0 Å². The molecular formula is C19H19ClN6O2S2. The Morgan fingerprint density at radius 2 is 2.00 bits per heavy atom. The lowest BCUT2D eigenvalue weighted by Gasteiger charge is -2.11. The van der Waals surface area contributed by atoms with E-state index in [9.17, 15) is 9.59 Å². The Hall–Kier alpha value is -2.56. The molecule has 0 bridgehead atoms. The highest BCUT2D eigenvalue weighted by atomic mass is 35.5. The fraction of sp³-hybridized carbons (Fsp3) is 0.263. The molecule has 4 rings (SSSR count). The highest BCUT2D eigenvalue weighted by molar-refractivity contribution is 7.99. The summed E-state index contributed by atoms with van der Waals surface area (Å²) in [6.07, 6.45) is 3.82. The molecule has 0 fully saturated rings. The largest absolute Gasteiger partial charge is 0.365 e. The number of thiophene rings is 1. The SMILES string of the molecule is NC(=O)c1c(NC(=O)CSc2nnc(-c3ccccc3Cl)n2N)sc2c1CCCC2. The zero-order chi connectivity index (χ0) is 21.3. The Balaban J connectivity index is 1.46. The maximum atomic E-state index is 12.5. The van der Waals surface area contributed by atoms with Crippen LogP contribution in [0.5, 0.6) is 0 Å². The normalized spacial score (nSPS) is 13.1. The number of hydrogen-bond acceptors (Lipinski definition) is 7. The van der Waals surface area contributed by atoms with Crippen LogP contribution in [0.25, 0.3) is 11.4 Å². The Bertz CT molecular complexity index is 1130. The second-order valence-electron chi connectivity index (χ2n) is 6.77. The summed E-state index contributed by atoms with van der Waals surface area (Å²) in [6, 6.07) is 7.17. The first-order chi connectivity index (χ1) is 14.5. The summed E-state index contributed by atoms with van der Waals surface area (Å²) in [7, 11) is 0. The summed E-state index contributed by atoms with van der Waals surface area (Å²) in [5.41, 5.74) is 7.65. The monoisotopic (exact) mass is 462 g/mol. The van der Waals surface area contributed by atoms with Crippen molar-refractivity contribution in [3.8, 4) is 11.4 Å². The first kappa shape index (κ1) is 20.7. The Morgan fingerprint density at radius 3 is 2.77 bits per heavy atom. The van der Waals surface area contributed by atoms with Gasteiger partial charge < -0.3 is 16.9 Å². The van der Waals surface area contributed by atoms with Gasteiger partial charge in [-0.15, -0.1) is 21.5 Å². The molecule has 30 heavy (non-hydrogen) atoms. The molecule has 1 aliphatic carbocycles. The summed E-state index contributed by atoms with van der Waals surface area (Å²) in [6.45, 7) is 0. The van der Waals surface area contributed by atoms with E-state index >= 15 is 0 Å². The van der Waals surface area contributed by atoms with Gasteiger partial charge in [0.2, 0.25) is 11.1 Å². The number of fused-ring (bicyclic) bond motifs is 1. The molecule has 0 atom stereocenters. The van der Waals surface area contributed by atoms with E-state index in [2.05, 4.69) is 15.5 Å². The number of anilines is 1. The van der Waals surface area contributed by atoms with Crippen molar-refractivity contribution in [2.24, 2.45) is 5.73 Å². The number of benzene rings is 1. The summed E-state index contributed by atoms with van der Waals surface area (Å²) in [4.78, 5) is 25.6. The molecule has 0 saturated carbocycles. The number of thioether (sulfide) groups is 1. The fourth-order valence-electron chi connectivity index (χ4n) is 3.41. The molecule has 1 aromatic carbocycles. The van der Waals surface area contributed by atoms with Gasteiger partial charge in [-0.05, 0) is 43.4 Å². The van der Waals surface area contributed by atoms with Gasteiger partial charge in [0.05, 0.1) is 16.3 Å². The molecule has 3 aromatic rings. The molecule has 2 heterocycles. The van der Waals surface area contributed by atoms with E-state index in [-0.39, 0.29) is 11.7 Å². The topological polar surface area (TPSA) is 129 Å². The van der Waals surface area contributed by atoms with Crippen LogP contribution in [0.2, 0.25) is 5.02 Å². The first-order valence-electron chi connectivity index (χ1n) is 9.28. The third-order valence-corrected chi connectivity index (χ3v) is 7.26. The molecule has 5 N–H and O–H groups in total. The van der Waals surface area contributed by atoms with Crippen molar-refractivity contribution in [3.05, 3.63) is 45.3 Å². The van der Waals surface area contributed by atoms with Gasteiger partial charge in [0, 0.05) is 10.4 Å². The minimum Gasteiger partial charge on any atom is -0.365 e. The third-order valence-electron chi connectivity index (χ3n) is 4.78. The van der Waals surface area contributed by atoms with Crippen LogP contribution in [0.4, 0.5) is 5.00 Å². The van der Waals surface area contributed by atoms with E-state index in [1.54, 1.807) is 12.1 Å². The summed E-state index contributed by atoms with van der Waals surface area (Å²) in [5.74, 6) is 5.77. The number of halogens is 1. The smallest absolute Gasteiger partial charge is 0.251 e. The molecule has 11 heteroatoms. The number of hydrogen-bond donors (Lipinski definition) is 3. The zero-order valence-electron chi connectivity index (χ0n) is 15.9. The number of aryl methyl sites for hydroxylation is 1. The van der Waals surface area contributed by atoms with Gasteiger partial charge in [0.15, 0.2) is 5.82 Å².